The van der Waals surface area contributed by atoms with Crippen molar-refractivity contribution in [2.45, 2.75) is 25.8 Å². The lowest BCUT2D eigenvalue weighted by Gasteiger charge is -2.16. The first-order valence-electron chi connectivity index (χ1n) is 6.74. The molecule has 0 heterocycles. The molecular weight excluding hydrogens is 290 g/mol. The van der Waals surface area contributed by atoms with Crippen LogP contribution in [0.5, 0.6) is 17.2 Å². The summed E-state index contributed by atoms with van der Waals surface area (Å²) < 4.78 is 15.8. The van der Waals surface area contributed by atoms with Crippen LogP contribution in [-0.4, -0.2) is 44.4 Å². The van der Waals surface area contributed by atoms with Gasteiger partial charge in [-0.1, -0.05) is 6.07 Å². The summed E-state index contributed by atoms with van der Waals surface area (Å²) in [5.41, 5.74) is 0.776. The predicted molar refractivity (Wildman–Crippen MR) is 79.7 cm³/mol. The molecule has 0 bridgehead atoms. The number of carbonyl (C=O) groups is 2. The van der Waals surface area contributed by atoms with Crippen LogP contribution in [0.2, 0.25) is 0 Å². The number of carboxylic acid groups (broad SMARTS) is 1. The van der Waals surface area contributed by atoms with Gasteiger partial charge in [-0.05, 0) is 25.0 Å². The molecule has 0 aliphatic heterocycles. The Morgan fingerprint density at radius 1 is 1.14 bits per heavy atom. The van der Waals surface area contributed by atoms with Gasteiger partial charge in [-0.2, -0.15) is 0 Å². The fourth-order valence-corrected chi connectivity index (χ4v) is 1.98. The summed E-state index contributed by atoms with van der Waals surface area (Å²) >= 11 is 0. The molecule has 0 saturated carbocycles. The standard InChI is InChI=1S/C15H21NO6/c1-9(15(18)19)16-12(17)8-6-10-5-7-11(20-2)14(22-4)13(10)21-3/h5,7,9H,6,8H2,1-4H3,(H,16,17)(H,18,19). The Kier molecular flexibility index (Phi) is 6.49. The molecule has 0 spiro atoms. The van der Waals surface area contributed by atoms with E-state index in [4.69, 9.17) is 19.3 Å². The van der Waals surface area contributed by atoms with Gasteiger partial charge in [0.25, 0.3) is 0 Å². The quantitative estimate of drug-likeness (QED) is 0.750. The highest BCUT2D eigenvalue weighted by Crippen LogP contribution is 2.40. The molecule has 1 amide bonds. The Labute approximate surface area is 129 Å². The lowest BCUT2D eigenvalue weighted by atomic mass is 10.1. The first-order chi connectivity index (χ1) is 10.4. The van der Waals surface area contributed by atoms with Gasteiger partial charge in [0.15, 0.2) is 11.5 Å². The number of benzene rings is 1. The second kappa shape index (κ2) is 8.11. The number of methoxy groups -OCH3 is 3. The number of amides is 1. The number of hydrogen-bond acceptors (Lipinski definition) is 5. The predicted octanol–water partition coefficient (Wildman–Crippen LogP) is 1.23. The van der Waals surface area contributed by atoms with Crippen molar-refractivity contribution in [2.75, 3.05) is 21.3 Å². The summed E-state index contributed by atoms with van der Waals surface area (Å²) in [4.78, 5) is 22.4. The van der Waals surface area contributed by atoms with Gasteiger partial charge in [0.05, 0.1) is 21.3 Å². The van der Waals surface area contributed by atoms with Crippen molar-refractivity contribution in [2.24, 2.45) is 0 Å². The van der Waals surface area contributed by atoms with Gasteiger partial charge in [0.1, 0.15) is 6.04 Å². The first kappa shape index (κ1) is 17.6. The molecule has 0 saturated heterocycles. The summed E-state index contributed by atoms with van der Waals surface area (Å²) in [5, 5.41) is 11.2. The number of ether oxygens (including phenoxy) is 3. The van der Waals surface area contributed by atoms with Gasteiger partial charge < -0.3 is 24.6 Å². The summed E-state index contributed by atoms with van der Waals surface area (Å²) in [7, 11) is 4.54. The van der Waals surface area contributed by atoms with Crippen molar-refractivity contribution < 1.29 is 28.9 Å². The smallest absolute Gasteiger partial charge is 0.325 e. The Morgan fingerprint density at radius 2 is 1.77 bits per heavy atom. The highest BCUT2D eigenvalue weighted by Gasteiger charge is 2.18. The van der Waals surface area contributed by atoms with Crippen molar-refractivity contribution in [3.05, 3.63) is 17.7 Å². The van der Waals surface area contributed by atoms with Crippen LogP contribution in [0.3, 0.4) is 0 Å². The molecule has 2 N–H and O–H groups in total. The van der Waals surface area contributed by atoms with Crippen molar-refractivity contribution >= 4 is 11.9 Å². The van der Waals surface area contributed by atoms with Crippen LogP contribution in [0, 0.1) is 0 Å². The van der Waals surface area contributed by atoms with Gasteiger partial charge >= 0.3 is 5.97 Å². The number of carboxylic acids is 1. The Hall–Kier alpha value is -2.44. The number of aliphatic carboxylic acids is 1. The molecule has 1 unspecified atom stereocenters. The first-order valence-corrected chi connectivity index (χ1v) is 6.74. The second-order valence-corrected chi connectivity index (χ2v) is 4.62. The fourth-order valence-electron chi connectivity index (χ4n) is 1.98. The van der Waals surface area contributed by atoms with E-state index in [-0.39, 0.29) is 12.3 Å². The van der Waals surface area contributed by atoms with Crippen LogP contribution in [0.4, 0.5) is 0 Å². The van der Waals surface area contributed by atoms with Crippen molar-refractivity contribution in [1.29, 1.82) is 0 Å². The molecule has 1 rings (SSSR count). The van der Waals surface area contributed by atoms with Crippen LogP contribution < -0.4 is 19.5 Å². The van der Waals surface area contributed by atoms with E-state index in [2.05, 4.69) is 5.32 Å². The lowest BCUT2D eigenvalue weighted by molar-refractivity contribution is -0.141. The third-order valence-corrected chi connectivity index (χ3v) is 3.16. The maximum absolute atomic E-state index is 11.7. The Balaban J connectivity index is 2.81. The minimum absolute atomic E-state index is 0.142. The third kappa shape index (κ3) is 4.28. The molecule has 7 heteroatoms. The van der Waals surface area contributed by atoms with E-state index in [0.29, 0.717) is 23.7 Å². The van der Waals surface area contributed by atoms with Crippen LogP contribution in [0.1, 0.15) is 18.9 Å². The number of carbonyl (C=O) groups excluding carboxylic acids is 1. The van der Waals surface area contributed by atoms with Crippen molar-refractivity contribution in [3.8, 4) is 17.2 Å². The molecule has 0 radical (unpaired) electrons. The van der Waals surface area contributed by atoms with Gasteiger partial charge in [0, 0.05) is 6.42 Å². The monoisotopic (exact) mass is 311 g/mol. The maximum Gasteiger partial charge on any atom is 0.325 e. The molecule has 7 nitrogen and oxygen atoms in total. The van der Waals surface area contributed by atoms with Gasteiger partial charge in [-0.15, -0.1) is 0 Å². The Morgan fingerprint density at radius 3 is 2.27 bits per heavy atom. The SMILES string of the molecule is COc1ccc(CCC(=O)NC(C)C(=O)O)c(OC)c1OC. The molecule has 1 aromatic carbocycles. The van der Waals surface area contributed by atoms with Crippen LogP contribution >= 0.6 is 0 Å². The van der Waals surface area contributed by atoms with Crippen LogP contribution in [0.25, 0.3) is 0 Å². The molecular formula is C15H21NO6. The maximum atomic E-state index is 11.7. The zero-order valence-corrected chi connectivity index (χ0v) is 13.1. The van der Waals surface area contributed by atoms with E-state index >= 15 is 0 Å². The molecule has 0 aliphatic rings. The van der Waals surface area contributed by atoms with Crippen molar-refractivity contribution in [3.63, 3.8) is 0 Å². The van der Waals surface area contributed by atoms with E-state index in [9.17, 15) is 9.59 Å². The number of nitrogens with one attached hydrogen (secondary N) is 1. The second-order valence-electron chi connectivity index (χ2n) is 4.62. The zero-order valence-electron chi connectivity index (χ0n) is 13.1. The van der Waals surface area contributed by atoms with Gasteiger partial charge in [-0.25, -0.2) is 0 Å². The van der Waals surface area contributed by atoms with E-state index in [1.54, 1.807) is 12.1 Å². The zero-order chi connectivity index (χ0) is 16.7. The highest BCUT2D eigenvalue weighted by atomic mass is 16.5. The molecule has 122 valence electrons. The van der Waals surface area contributed by atoms with Crippen molar-refractivity contribution in [1.82, 2.24) is 5.32 Å². The fraction of sp³-hybridized carbons (Fsp3) is 0.467. The molecule has 0 aliphatic carbocycles. The van der Waals surface area contributed by atoms with Crippen LogP contribution in [0.15, 0.2) is 12.1 Å². The summed E-state index contributed by atoms with van der Waals surface area (Å²) in [6.45, 7) is 1.41. The normalized spacial score (nSPS) is 11.5. The lowest BCUT2D eigenvalue weighted by Crippen LogP contribution is -2.38. The number of hydrogen-bond donors (Lipinski definition) is 2. The average Bonchev–Trinajstić information content (AvgIpc) is 2.51. The summed E-state index contributed by atoms with van der Waals surface area (Å²) in [6.07, 6.45) is 0.533. The molecule has 22 heavy (non-hydrogen) atoms. The van der Waals surface area contributed by atoms with Gasteiger partial charge in [-0.3, -0.25) is 9.59 Å². The van der Waals surface area contributed by atoms with E-state index < -0.39 is 12.0 Å². The minimum Gasteiger partial charge on any atom is -0.493 e. The molecule has 1 aromatic rings. The van der Waals surface area contributed by atoms with E-state index in [0.717, 1.165) is 5.56 Å². The minimum atomic E-state index is -1.07. The Bertz CT molecular complexity index is 543. The van der Waals surface area contributed by atoms with Gasteiger partial charge in [0.2, 0.25) is 11.7 Å². The average molecular weight is 311 g/mol. The van der Waals surface area contributed by atoms with Crippen LogP contribution in [-0.2, 0) is 16.0 Å². The number of rotatable bonds is 8. The topological polar surface area (TPSA) is 94.1 Å². The summed E-state index contributed by atoms with van der Waals surface area (Å²) in [5.74, 6) is 0.0820. The van der Waals surface area contributed by atoms with E-state index in [1.165, 1.54) is 28.3 Å². The molecule has 0 aromatic heterocycles. The molecule has 1 atom stereocenters. The third-order valence-electron chi connectivity index (χ3n) is 3.16. The largest absolute Gasteiger partial charge is 0.493 e. The number of aryl methyl sites for hydroxylation is 1. The van der Waals surface area contributed by atoms with E-state index in [1.807, 2.05) is 0 Å². The molecule has 0 fully saturated rings. The highest BCUT2D eigenvalue weighted by molar-refractivity contribution is 5.83. The summed E-state index contributed by atoms with van der Waals surface area (Å²) in [6, 6.07) is 2.60.